The number of hydrogen-bond acceptors (Lipinski definition) is 2. The van der Waals surface area contributed by atoms with Crippen molar-refractivity contribution in [3.05, 3.63) is 0 Å². The van der Waals surface area contributed by atoms with E-state index in [4.69, 9.17) is 4.43 Å². The molecule has 0 bridgehead atoms. The Morgan fingerprint density at radius 2 is 1.47 bits per heavy atom. The zero-order valence-corrected chi connectivity index (χ0v) is 14.6. The van der Waals surface area contributed by atoms with Gasteiger partial charge in [0, 0.05) is 12.8 Å². The van der Waals surface area contributed by atoms with Crippen LogP contribution in [0.15, 0.2) is 0 Å². The predicted molar refractivity (Wildman–Crippen MR) is 83.4 cm³/mol. The molecule has 0 saturated heterocycles. The summed E-state index contributed by atoms with van der Waals surface area (Å²) in [7, 11) is -0.823. The molecule has 1 fully saturated rings. The number of hydrogen-bond donors (Lipinski definition) is 1. The van der Waals surface area contributed by atoms with E-state index in [1.807, 2.05) is 0 Å². The van der Waals surface area contributed by atoms with Gasteiger partial charge in [0.15, 0.2) is 5.79 Å². The van der Waals surface area contributed by atoms with Gasteiger partial charge < -0.3 is 9.53 Å². The van der Waals surface area contributed by atoms with Crippen molar-refractivity contribution in [2.75, 3.05) is 0 Å². The van der Waals surface area contributed by atoms with E-state index in [-0.39, 0.29) is 0 Å². The third kappa shape index (κ3) is 6.41. The Labute approximate surface area is 121 Å². The third-order valence-corrected chi connectivity index (χ3v) is 5.15. The van der Waals surface area contributed by atoms with Gasteiger partial charge in [-0.15, -0.1) is 0 Å². The summed E-state index contributed by atoms with van der Waals surface area (Å²) in [5.41, 5.74) is 0.426. The lowest BCUT2D eigenvalue weighted by atomic mass is 9.74. The van der Waals surface area contributed by atoms with Crippen LogP contribution < -0.4 is 0 Å². The zero-order chi connectivity index (χ0) is 14.5. The van der Waals surface area contributed by atoms with E-state index in [0.29, 0.717) is 5.41 Å². The molecule has 0 aliphatic heterocycles. The van der Waals surface area contributed by atoms with Crippen molar-refractivity contribution in [3.8, 4) is 0 Å². The Balaban J connectivity index is 2.53. The molecule has 113 valence electrons. The number of aliphatic hydroxyl groups is 1. The van der Waals surface area contributed by atoms with Gasteiger partial charge in [0.05, 0.1) is 0 Å². The molecule has 0 amide bonds. The highest BCUT2D eigenvalue weighted by Gasteiger charge is 2.30. The molecule has 2 nitrogen and oxygen atoms in total. The van der Waals surface area contributed by atoms with E-state index in [1.165, 1.54) is 25.7 Å². The van der Waals surface area contributed by atoms with Gasteiger partial charge in [-0.05, 0) is 50.1 Å². The molecule has 0 aromatic heterocycles. The Bertz CT molecular complexity index is 246. The monoisotopic (exact) mass is 285 g/mol. The summed E-state index contributed by atoms with van der Waals surface area (Å²) >= 11 is 0. The highest BCUT2D eigenvalue weighted by Crippen LogP contribution is 2.36. The van der Waals surface area contributed by atoms with Crippen molar-refractivity contribution in [1.29, 1.82) is 0 Å². The van der Waals surface area contributed by atoms with E-state index in [1.54, 1.807) is 0 Å². The molecule has 1 saturated carbocycles. The van der Waals surface area contributed by atoms with Crippen LogP contribution in [0.1, 0.15) is 72.1 Å². The fraction of sp³-hybridized carbons (Fsp3) is 1.00. The first kappa shape index (κ1) is 17.2. The standard InChI is InChI=1S/C16H33O2Si/c1-15(2,3)14-10-6-8-12-16(17,18-19(4)5)13-9-7-11-14/h14,17H,6-13H2,1-5H3. The van der Waals surface area contributed by atoms with Crippen molar-refractivity contribution in [2.24, 2.45) is 11.3 Å². The van der Waals surface area contributed by atoms with Crippen molar-refractivity contribution in [3.63, 3.8) is 0 Å². The van der Waals surface area contributed by atoms with Crippen molar-refractivity contribution < 1.29 is 9.53 Å². The molecule has 0 atom stereocenters. The van der Waals surface area contributed by atoms with E-state index >= 15 is 0 Å². The first-order chi connectivity index (χ1) is 8.73. The highest BCUT2D eigenvalue weighted by molar-refractivity contribution is 6.48. The molecule has 0 aromatic carbocycles. The van der Waals surface area contributed by atoms with Gasteiger partial charge in [0.1, 0.15) is 0 Å². The van der Waals surface area contributed by atoms with Crippen LogP contribution in [0.25, 0.3) is 0 Å². The highest BCUT2D eigenvalue weighted by atomic mass is 28.3. The predicted octanol–water partition coefficient (Wildman–Crippen LogP) is 4.74. The summed E-state index contributed by atoms with van der Waals surface area (Å²) in [4.78, 5) is 0. The van der Waals surface area contributed by atoms with Crippen LogP contribution >= 0.6 is 0 Å². The minimum Gasteiger partial charge on any atom is -0.390 e. The molecule has 3 heteroatoms. The van der Waals surface area contributed by atoms with Crippen LogP contribution in [0.2, 0.25) is 13.1 Å². The molecular weight excluding hydrogens is 252 g/mol. The lowest BCUT2D eigenvalue weighted by molar-refractivity contribution is -0.154. The Hall–Kier alpha value is 0.137. The smallest absolute Gasteiger partial charge is 0.208 e. The fourth-order valence-corrected chi connectivity index (χ4v) is 4.17. The van der Waals surface area contributed by atoms with Crippen LogP contribution in [0.4, 0.5) is 0 Å². The molecule has 1 rings (SSSR count). The van der Waals surface area contributed by atoms with E-state index in [0.717, 1.165) is 31.6 Å². The van der Waals surface area contributed by atoms with E-state index in [2.05, 4.69) is 33.9 Å². The maximum absolute atomic E-state index is 10.6. The van der Waals surface area contributed by atoms with Crippen molar-refractivity contribution in [1.82, 2.24) is 0 Å². The minimum atomic E-state index is -0.827. The summed E-state index contributed by atoms with van der Waals surface area (Å²) in [6, 6.07) is 0. The normalized spacial score (nSPS) is 31.4. The topological polar surface area (TPSA) is 29.5 Å². The third-order valence-electron chi connectivity index (χ3n) is 4.36. The van der Waals surface area contributed by atoms with Crippen LogP contribution in [-0.4, -0.2) is 19.9 Å². The van der Waals surface area contributed by atoms with Gasteiger partial charge in [0.25, 0.3) is 0 Å². The first-order valence-corrected chi connectivity index (χ1v) is 10.4. The van der Waals surface area contributed by atoms with Gasteiger partial charge in [0.2, 0.25) is 9.04 Å². The summed E-state index contributed by atoms with van der Waals surface area (Å²) < 4.78 is 5.86. The van der Waals surface area contributed by atoms with Crippen LogP contribution in [0.3, 0.4) is 0 Å². The van der Waals surface area contributed by atoms with Crippen LogP contribution in [0, 0.1) is 11.3 Å². The molecule has 0 aromatic rings. The quantitative estimate of drug-likeness (QED) is 0.586. The molecule has 0 unspecified atom stereocenters. The first-order valence-electron chi connectivity index (χ1n) is 7.94. The molecule has 1 N–H and O–H groups in total. The second kappa shape index (κ2) is 7.23. The maximum Gasteiger partial charge on any atom is 0.208 e. The SMILES string of the molecule is C[Si](C)OC1(O)CCCCC(C(C)(C)C)CCCC1. The lowest BCUT2D eigenvalue weighted by Crippen LogP contribution is -2.37. The van der Waals surface area contributed by atoms with E-state index in [9.17, 15) is 5.11 Å². The van der Waals surface area contributed by atoms with Crippen LogP contribution in [-0.2, 0) is 4.43 Å². The molecule has 0 spiro atoms. The molecule has 1 radical (unpaired) electrons. The molecular formula is C16H33O2Si. The molecule has 19 heavy (non-hydrogen) atoms. The van der Waals surface area contributed by atoms with Gasteiger partial charge in [-0.2, -0.15) is 0 Å². The van der Waals surface area contributed by atoms with Gasteiger partial charge in [-0.3, -0.25) is 0 Å². The maximum atomic E-state index is 10.6. The Kier molecular flexibility index (Phi) is 6.54. The van der Waals surface area contributed by atoms with Crippen LogP contribution in [0.5, 0.6) is 0 Å². The molecule has 1 aliphatic rings. The summed E-state index contributed by atoms with van der Waals surface area (Å²) in [5.74, 6) is 0.00315. The Morgan fingerprint density at radius 1 is 1.00 bits per heavy atom. The van der Waals surface area contributed by atoms with Crippen molar-refractivity contribution >= 4 is 9.04 Å². The second-order valence-electron chi connectivity index (χ2n) is 7.51. The summed E-state index contributed by atoms with van der Waals surface area (Å²) in [6.45, 7) is 11.3. The summed E-state index contributed by atoms with van der Waals surface area (Å²) in [6.07, 6.45) is 8.88. The molecule has 1 aliphatic carbocycles. The van der Waals surface area contributed by atoms with Gasteiger partial charge in [-0.1, -0.05) is 33.6 Å². The van der Waals surface area contributed by atoms with E-state index < -0.39 is 14.8 Å². The minimum absolute atomic E-state index is 0.426. The largest absolute Gasteiger partial charge is 0.390 e. The zero-order valence-electron chi connectivity index (χ0n) is 13.6. The molecule has 0 heterocycles. The fourth-order valence-electron chi connectivity index (χ4n) is 3.20. The van der Waals surface area contributed by atoms with Gasteiger partial charge in [-0.25, -0.2) is 0 Å². The second-order valence-corrected chi connectivity index (χ2v) is 9.53. The number of rotatable bonds is 2. The average molecular weight is 286 g/mol. The average Bonchev–Trinajstić information content (AvgIpc) is 2.24. The lowest BCUT2D eigenvalue weighted by Gasteiger charge is -2.35. The van der Waals surface area contributed by atoms with Gasteiger partial charge >= 0.3 is 0 Å². The van der Waals surface area contributed by atoms with Crippen molar-refractivity contribution in [2.45, 2.75) is 91.0 Å². The summed E-state index contributed by atoms with van der Waals surface area (Å²) in [5, 5.41) is 10.6. The Morgan fingerprint density at radius 3 is 1.84 bits per heavy atom.